The van der Waals surface area contributed by atoms with Gasteiger partial charge in [-0.05, 0) is 43.7 Å². The monoisotopic (exact) mass is 280 g/mol. The van der Waals surface area contributed by atoms with Crippen LogP contribution < -0.4 is 10.9 Å². The fraction of sp³-hybridized carbons (Fsp3) is 0.538. The van der Waals surface area contributed by atoms with Crippen LogP contribution in [0.25, 0.3) is 0 Å². The predicted molar refractivity (Wildman–Crippen MR) is 70.9 cm³/mol. The van der Waals surface area contributed by atoms with E-state index >= 15 is 0 Å². The summed E-state index contributed by atoms with van der Waals surface area (Å²) in [7, 11) is 0. The molecule has 1 aliphatic carbocycles. The molecule has 2 amide bonds. The summed E-state index contributed by atoms with van der Waals surface area (Å²) < 4.78 is 5.24. The number of thiophene rings is 1. The number of fused-ring (bicyclic) bond motifs is 1. The second-order valence-corrected chi connectivity index (χ2v) is 5.99. The Bertz CT molecular complexity index is 484. The quantitative estimate of drug-likeness (QED) is 0.799. The van der Waals surface area contributed by atoms with Gasteiger partial charge in [0.15, 0.2) is 0 Å². The van der Waals surface area contributed by atoms with Gasteiger partial charge in [0.05, 0.1) is 4.88 Å². The number of carbonyl (C=O) groups is 2. The van der Waals surface area contributed by atoms with Gasteiger partial charge in [-0.2, -0.15) is 0 Å². The standard InChI is InChI=1S/C13H16N2O3S/c16-12(9-4-2-6-18-9)14-15-13(17)11-7-8-3-1-5-10(8)19-11/h7,9H,1-6H2,(H,14,16)(H,15,17). The van der Waals surface area contributed by atoms with E-state index in [0.29, 0.717) is 11.5 Å². The van der Waals surface area contributed by atoms with Gasteiger partial charge in [-0.25, -0.2) is 0 Å². The Labute approximate surface area is 115 Å². The Morgan fingerprint density at radius 3 is 2.89 bits per heavy atom. The van der Waals surface area contributed by atoms with Gasteiger partial charge < -0.3 is 4.74 Å². The van der Waals surface area contributed by atoms with Crippen LogP contribution in [0.1, 0.15) is 39.4 Å². The zero-order chi connectivity index (χ0) is 13.2. The van der Waals surface area contributed by atoms with Gasteiger partial charge in [-0.15, -0.1) is 11.3 Å². The molecule has 0 aromatic carbocycles. The largest absolute Gasteiger partial charge is 0.368 e. The van der Waals surface area contributed by atoms with Crippen molar-refractivity contribution in [1.82, 2.24) is 10.9 Å². The van der Waals surface area contributed by atoms with Crippen molar-refractivity contribution in [3.05, 3.63) is 21.4 Å². The summed E-state index contributed by atoms with van der Waals surface area (Å²) in [6, 6.07) is 1.93. The molecule has 3 rings (SSSR count). The Balaban J connectivity index is 1.54. The van der Waals surface area contributed by atoms with Crippen molar-refractivity contribution < 1.29 is 14.3 Å². The Hall–Kier alpha value is -1.40. The SMILES string of the molecule is O=C(NNC(=O)C1CCCO1)c1cc2c(s1)CCC2. The number of hydrazine groups is 1. The highest BCUT2D eigenvalue weighted by molar-refractivity contribution is 7.14. The second-order valence-electron chi connectivity index (χ2n) is 4.86. The number of rotatable bonds is 2. The minimum Gasteiger partial charge on any atom is -0.368 e. The molecule has 1 saturated heterocycles. The molecule has 2 N–H and O–H groups in total. The van der Waals surface area contributed by atoms with Crippen molar-refractivity contribution in [2.45, 2.75) is 38.2 Å². The van der Waals surface area contributed by atoms with E-state index in [-0.39, 0.29) is 11.8 Å². The molecule has 1 atom stereocenters. The number of amides is 2. The minimum atomic E-state index is -0.423. The number of nitrogens with one attached hydrogen (secondary N) is 2. The summed E-state index contributed by atoms with van der Waals surface area (Å²) in [5.41, 5.74) is 6.17. The molecule has 2 heterocycles. The third-order valence-corrected chi connectivity index (χ3v) is 4.73. The smallest absolute Gasteiger partial charge is 0.279 e. The highest BCUT2D eigenvalue weighted by Crippen LogP contribution is 2.30. The molecule has 6 heteroatoms. The average Bonchev–Trinajstić information content (AvgIpc) is 3.09. The Kier molecular flexibility index (Phi) is 3.52. The first-order valence-corrected chi connectivity index (χ1v) is 7.39. The van der Waals surface area contributed by atoms with Gasteiger partial charge in [0, 0.05) is 11.5 Å². The first kappa shape index (κ1) is 12.6. The van der Waals surface area contributed by atoms with Crippen molar-refractivity contribution in [2.75, 3.05) is 6.61 Å². The molecule has 102 valence electrons. The maximum atomic E-state index is 11.9. The first-order valence-electron chi connectivity index (χ1n) is 6.57. The minimum absolute atomic E-state index is 0.245. The van der Waals surface area contributed by atoms with Gasteiger partial charge in [-0.1, -0.05) is 0 Å². The van der Waals surface area contributed by atoms with Crippen LogP contribution in [0.3, 0.4) is 0 Å². The lowest BCUT2D eigenvalue weighted by Gasteiger charge is -2.10. The molecule has 1 aromatic rings. The summed E-state index contributed by atoms with van der Waals surface area (Å²) in [6.07, 6.45) is 4.49. The molecule has 0 saturated carbocycles. The zero-order valence-electron chi connectivity index (χ0n) is 10.5. The highest BCUT2D eigenvalue weighted by Gasteiger charge is 2.24. The van der Waals surface area contributed by atoms with Crippen molar-refractivity contribution in [2.24, 2.45) is 0 Å². The second kappa shape index (κ2) is 5.30. The Morgan fingerprint density at radius 1 is 1.26 bits per heavy atom. The van der Waals surface area contributed by atoms with Crippen LogP contribution in [-0.2, 0) is 22.4 Å². The first-order chi connectivity index (χ1) is 9.24. The number of carbonyl (C=O) groups excluding carboxylic acids is 2. The third kappa shape index (κ3) is 2.64. The van der Waals surface area contributed by atoms with Crippen LogP contribution in [0.15, 0.2) is 6.07 Å². The lowest BCUT2D eigenvalue weighted by molar-refractivity contribution is -0.130. The van der Waals surface area contributed by atoms with E-state index in [0.717, 1.165) is 25.7 Å². The van der Waals surface area contributed by atoms with Crippen LogP contribution in [0.5, 0.6) is 0 Å². The van der Waals surface area contributed by atoms with Gasteiger partial charge in [0.1, 0.15) is 6.10 Å². The summed E-state index contributed by atoms with van der Waals surface area (Å²) in [5, 5.41) is 0. The van der Waals surface area contributed by atoms with E-state index in [9.17, 15) is 9.59 Å². The molecule has 5 nitrogen and oxygen atoms in total. The van der Waals surface area contributed by atoms with Crippen molar-refractivity contribution >= 4 is 23.2 Å². The molecular formula is C13H16N2O3S. The molecule has 0 spiro atoms. The van der Waals surface area contributed by atoms with E-state index in [1.807, 2.05) is 6.07 Å². The van der Waals surface area contributed by atoms with E-state index in [1.165, 1.54) is 28.2 Å². The van der Waals surface area contributed by atoms with E-state index < -0.39 is 6.10 Å². The fourth-order valence-corrected chi connectivity index (χ4v) is 3.63. The number of hydrogen-bond acceptors (Lipinski definition) is 4. The molecule has 0 radical (unpaired) electrons. The normalized spacial score (nSPS) is 21.2. The summed E-state index contributed by atoms with van der Waals surface area (Å²) in [6.45, 7) is 0.615. The third-order valence-electron chi connectivity index (χ3n) is 3.49. The van der Waals surface area contributed by atoms with Gasteiger partial charge in [0.2, 0.25) is 0 Å². The lowest BCUT2D eigenvalue weighted by Crippen LogP contribution is -2.46. The number of hydrogen-bond donors (Lipinski definition) is 2. The maximum Gasteiger partial charge on any atom is 0.279 e. The van der Waals surface area contributed by atoms with Crippen LogP contribution >= 0.6 is 11.3 Å². The molecule has 1 aliphatic heterocycles. The number of ether oxygens (including phenoxy) is 1. The molecule has 1 unspecified atom stereocenters. The molecule has 2 aliphatic rings. The summed E-state index contributed by atoms with van der Waals surface area (Å²) in [4.78, 5) is 25.6. The van der Waals surface area contributed by atoms with Gasteiger partial charge in [-0.3, -0.25) is 20.4 Å². The van der Waals surface area contributed by atoms with Gasteiger partial charge in [0.25, 0.3) is 11.8 Å². The fourth-order valence-electron chi connectivity index (χ4n) is 2.49. The zero-order valence-corrected chi connectivity index (χ0v) is 11.3. The molecule has 1 aromatic heterocycles. The molecule has 0 bridgehead atoms. The average molecular weight is 280 g/mol. The van der Waals surface area contributed by atoms with Crippen LogP contribution in [-0.4, -0.2) is 24.5 Å². The van der Waals surface area contributed by atoms with Crippen LogP contribution in [0, 0.1) is 0 Å². The molecular weight excluding hydrogens is 264 g/mol. The van der Waals surface area contributed by atoms with Crippen molar-refractivity contribution in [3.8, 4) is 0 Å². The Morgan fingerprint density at radius 2 is 2.16 bits per heavy atom. The number of aryl methyl sites for hydroxylation is 2. The summed E-state index contributed by atoms with van der Waals surface area (Å²) in [5.74, 6) is -0.513. The van der Waals surface area contributed by atoms with Crippen LogP contribution in [0.2, 0.25) is 0 Å². The predicted octanol–water partition coefficient (Wildman–Crippen LogP) is 1.18. The summed E-state index contributed by atoms with van der Waals surface area (Å²) >= 11 is 1.52. The maximum absolute atomic E-state index is 11.9. The highest BCUT2D eigenvalue weighted by atomic mass is 32.1. The molecule has 1 fully saturated rings. The van der Waals surface area contributed by atoms with E-state index in [2.05, 4.69) is 10.9 Å². The van der Waals surface area contributed by atoms with Gasteiger partial charge >= 0.3 is 0 Å². The van der Waals surface area contributed by atoms with Crippen molar-refractivity contribution in [3.63, 3.8) is 0 Å². The van der Waals surface area contributed by atoms with E-state index in [4.69, 9.17) is 4.74 Å². The van der Waals surface area contributed by atoms with Crippen molar-refractivity contribution in [1.29, 1.82) is 0 Å². The van der Waals surface area contributed by atoms with E-state index in [1.54, 1.807) is 0 Å². The van der Waals surface area contributed by atoms with Crippen LogP contribution in [0.4, 0.5) is 0 Å². The molecule has 19 heavy (non-hydrogen) atoms. The lowest BCUT2D eigenvalue weighted by atomic mass is 10.2. The topological polar surface area (TPSA) is 67.4 Å².